The molecule has 0 saturated heterocycles. The zero-order chi connectivity index (χ0) is 15.6. The minimum Gasteiger partial charge on any atom is -0.399 e. The van der Waals surface area contributed by atoms with Crippen LogP contribution in [-0.2, 0) is 0 Å². The maximum absolute atomic E-state index is 12.5. The summed E-state index contributed by atoms with van der Waals surface area (Å²) >= 11 is 9.27. The Morgan fingerprint density at radius 3 is 2.76 bits per heavy atom. The van der Waals surface area contributed by atoms with Gasteiger partial charge in [-0.2, -0.15) is 0 Å². The molecule has 5 nitrogen and oxygen atoms in total. The topological polar surface area (TPSA) is 71.2 Å². The average molecular weight is 370 g/mol. The number of nitrogens with zero attached hydrogens (tertiary/aromatic N) is 2. The van der Waals surface area contributed by atoms with Crippen molar-refractivity contribution < 1.29 is 4.79 Å². The molecule has 21 heavy (non-hydrogen) atoms. The van der Waals surface area contributed by atoms with E-state index >= 15 is 0 Å². The van der Waals surface area contributed by atoms with E-state index in [1.54, 1.807) is 30.5 Å². The molecule has 2 rings (SSSR count). The second-order valence-electron chi connectivity index (χ2n) is 4.62. The molecule has 2 aromatic rings. The largest absolute Gasteiger partial charge is 0.399 e. The Morgan fingerprint density at radius 2 is 2.10 bits per heavy atom. The van der Waals surface area contributed by atoms with Crippen LogP contribution in [0.4, 0.5) is 17.1 Å². The molecule has 0 unspecified atom stereocenters. The Bertz CT molecular complexity index is 691. The molecule has 7 heteroatoms. The van der Waals surface area contributed by atoms with Gasteiger partial charge in [-0.1, -0.05) is 11.6 Å². The molecule has 0 bridgehead atoms. The number of nitrogens with two attached hydrogens (primary N) is 1. The van der Waals surface area contributed by atoms with Gasteiger partial charge in [0.2, 0.25) is 0 Å². The Kier molecular flexibility index (Phi) is 4.69. The molecule has 0 radical (unpaired) electrons. The van der Waals surface area contributed by atoms with Crippen LogP contribution in [0.3, 0.4) is 0 Å². The van der Waals surface area contributed by atoms with Gasteiger partial charge >= 0.3 is 0 Å². The SMILES string of the molecule is CN(C)c1ccc(N)cc1C(=O)Nc1cc(Br)cnc1Cl. The lowest BCUT2D eigenvalue weighted by atomic mass is 10.1. The van der Waals surface area contributed by atoms with E-state index in [0.717, 1.165) is 10.2 Å². The van der Waals surface area contributed by atoms with Gasteiger partial charge in [0.15, 0.2) is 5.15 Å². The predicted molar refractivity (Wildman–Crippen MR) is 90.1 cm³/mol. The van der Waals surface area contributed by atoms with Gasteiger partial charge in [0.05, 0.1) is 11.3 Å². The number of rotatable bonds is 3. The van der Waals surface area contributed by atoms with E-state index in [4.69, 9.17) is 17.3 Å². The van der Waals surface area contributed by atoms with E-state index in [0.29, 0.717) is 16.9 Å². The fourth-order valence-corrected chi connectivity index (χ4v) is 2.31. The molecule has 1 amide bonds. The third-order valence-electron chi connectivity index (χ3n) is 2.80. The van der Waals surface area contributed by atoms with Crippen LogP contribution in [0.5, 0.6) is 0 Å². The van der Waals surface area contributed by atoms with E-state index in [2.05, 4.69) is 26.2 Å². The molecule has 0 saturated carbocycles. The summed E-state index contributed by atoms with van der Waals surface area (Å²) in [6.07, 6.45) is 1.56. The maximum Gasteiger partial charge on any atom is 0.257 e. The number of halogens is 2. The number of nitrogen functional groups attached to an aromatic ring is 1. The van der Waals surface area contributed by atoms with Gasteiger partial charge < -0.3 is 16.0 Å². The van der Waals surface area contributed by atoms with Crippen LogP contribution in [0.2, 0.25) is 5.15 Å². The lowest BCUT2D eigenvalue weighted by Crippen LogP contribution is -2.19. The maximum atomic E-state index is 12.5. The predicted octanol–water partition coefficient (Wildman–Crippen LogP) is 3.40. The summed E-state index contributed by atoms with van der Waals surface area (Å²) in [4.78, 5) is 18.3. The first kappa shape index (κ1) is 15.6. The summed E-state index contributed by atoms with van der Waals surface area (Å²) in [7, 11) is 3.71. The molecule has 1 aromatic heterocycles. The van der Waals surface area contributed by atoms with Crippen molar-refractivity contribution in [3.05, 3.63) is 45.7 Å². The van der Waals surface area contributed by atoms with Crippen molar-refractivity contribution in [1.82, 2.24) is 4.98 Å². The van der Waals surface area contributed by atoms with E-state index in [1.165, 1.54) is 0 Å². The minimum absolute atomic E-state index is 0.224. The average Bonchev–Trinajstić information content (AvgIpc) is 2.42. The van der Waals surface area contributed by atoms with Crippen LogP contribution in [0.1, 0.15) is 10.4 Å². The van der Waals surface area contributed by atoms with Crippen LogP contribution in [-0.4, -0.2) is 25.0 Å². The lowest BCUT2D eigenvalue weighted by molar-refractivity contribution is 0.102. The molecule has 1 aromatic carbocycles. The normalized spacial score (nSPS) is 10.3. The highest BCUT2D eigenvalue weighted by atomic mass is 79.9. The van der Waals surface area contributed by atoms with Crippen LogP contribution in [0, 0.1) is 0 Å². The molecule has 110 valence electrons. The highest BCUT2D eigenvalue weighted by Gasteiger charge is 2.15. The van der Waals surface area contributed by atoms with Crippen molar-refractivity contribution in [3.8, 4) is 0 Å². The first-order chi connectivity index (χ1) is 9.88. The number of pyridine rings is 1. The molecule has 1 heterocycles. The van der Waals surface area contributed by atoms with Gasteiger partial charge in [0.25, 0.3) is 5.91 Å². The lowest BCUT2D eigenvalue weighted by Gasteiger charge is -2.17. The molecular formula is C14H14BrClN4O. The van der Waals surface area contributed by atoms with Crippen molar-refractivity contribution in [2.24, 2.45) is 0 Å². The number of carbonyl (C=O) groups excluding carboxylic acids is 1. The van der Waals surface area contributed by atoms with Gasteiger partial charge in [-0.05, 0) is 40.2 Å². The summed E-state index contributed by atoms with van der Waals surface area (Å²) < 4.78 is 0.725. The zero-order valence-electron chi connectivity index (χ0n) is 11.5. The number of carbonyl (C=O) groups is 1. The van der Waals surface area contributed by atoms with Gasteiger partial charge in [-0.3, -0.25) is 4.79 Å². The Labute approximate surface area is 136 Å². The van der Waals surface area contributed by atoms with Crippen molar-refractivity contribution in [1.29, 1.82) is 0 Å². The van der Waals surface area contributed by atoms with Gasteiger partial charge in [-0.15, -0.1) is 0 Å². The molecule has 3 N–H and O–H groups in total. The monoisotopic (exact) mass is 368 g/mol. The number of anilines is 3. The Balaban J connectivity index is 2.36. The van der Waals surface area contributed by atoms with Crippen LogP contribution in [0.15, 0.2) is 34.9 Å². The summed E-state index contributed by atoms with van der Waals surface area (Å²) in [6, 6.07) is 6.86. The van der Waals surface area contributed by atoms with Crippen LogP contribution < -0.4 is 16.0 Å². The van der Waals surface area contributed by atoms with Gasteiger partial charge in [-0.25, -0.2) is 4.98 Å². The highest BCUT2D eigenvalue weighted by Crippen LogP contribution is 2.26. The fourth-order valence-electron chi connectivity index (χ4n) is 1.83. The number of amides is 1. The summed E-state index contributed by atoms with van der Waals surface area (Å²) in [6.45, 7) is 0. The van der Waals surface area contributed by atoms with E-state index in [9.17, 15) is 4.79 Å². The molecule has 0 aliphatic carbocycles. The number of aromatic nitrogens is 1. The second-order valence-corrected chi connectivity index (χ2v) is 5.89. The number of nitrogens with one attached hydrogen (secondary N) is 1. The smallest absolute Gasteiger partial charge is 0.257 e. The van der Waals surface area contributed by atoms with E-state index < -0.39 is 0 Å². The molecule has 0 spiro atoms. The Morgan fingerprint density at radius 1 is 1.38 bits per heavy atom. The first-order valence-corrected chi connectivity index (χ1v) is 7.25. The third-order valence-corrected chi connectivity index (χ3v) is 3.54. The highest BCUT2D eigenvalue weighted by molar-refractivity contribution is 9.10. The summed E-state index contributed by atoms with van der Waals surface area (Å²) in [5.74, 6) is -0.298. The first-order valence-electron chi connectivity index (χ1n) is 6.07. The molecule has 0 aliphatic heterocycles. The minimum atomic E-state index is -0.298. The second kappa shape index (κ2) is 6.32. The fraction of sp³-hybridized carbons (Fsp3) is 0.143. The number of benzene rings is 1. The van der Waals surface area contributed by atoms with Crippen molar-refractivity contribution >= 4 is 50.5 Å². The number of hydrogen-bond donors (Lipinski definition) is 2. The van der Waals surface area contributed by atoms with Crippen molar-refractivity contribution in [3.63, 3.8) is 0 Å². The quantitative estimate of drug-likeness (QED) is 0.642. The van der Waals surface area contributed by atoms with Gasteiger partial charge in [0, 0.05) is 36.1 Å². The molecule has 0 atom stereocenters. The van der Waals surface area contributed by atoms with Gasteiger partial charge in [0.1, 0.15) is 0 Å². The van der Waals surface area contributed by atoms with Crippen LogP contribution in [0.25, 0.3) is 0 Å². The summed E-state index contributed by atoms with van der Waals surface area (Å²) in [5, 5.41) is 2.97. The van der Waals surface area contributed by atoms with Crippen molar-refractivity contribution in [2.45, 2.75) is 0 Å². The molecular weight excluding hydrogens is 356 g/mol. The third kappa shape index (κ3) is 3.65. The van der Waals surface area contributed by atoms with Crippen LogP contribution >= 0.6 is 27.5 Å². The van der Waals surface area contributed by atoms with E-state index in [1.807, 2.05) is 19.0 Å². The summed E-state index contributed by atoms with van der Waals surface area (Å²) in [5.41, 5.74) is 7.95. The van der Waals surface area contributed by atoms with Crippen molar-refractivity contribution in [2.75, 3.05) is 30.0 Å². The number of hydrogen-bond acceptors (Lipinski definition) is 4. The molecule has 0 aliphatic rings. The molecule has 0 fully saturated rings. The zero-order valence-corrected chi connectivity index (χ0v) is 13.9. The Hall–Kier alpha value is -1.79. The van der Waals surface area contributed by atoms with E-state index in [-0.39, 0.29) is 11.1 Å². The standard InChI is InChI=1S/C14H14BrClN4O/c1-20(2)12-4-3-9(17)6-10(12)14(21)19-11-5-8(15)7-18-13(11)16/h3-7H,17H2,1-2H3,(H,19,21).